The van der Waals surface area contributed by atoms with Gasteiger partial charge in [0.05, 0.1) is 6.61 Å². The van der Waals surface area contributed by atoms with E-state index in [4.69, 9.17) is 4.74 Å². The highest BCUT2D eigenvalue weighted by molar-refractivity contribution is 5.83. The molecule has 4 heteroatoms. The molecule has 0 saturated heterocycles. The summed E-state index contributed by atoms with van der Waals surface area (Å²) in [6, 6.07) is 8.04. The number of amides is 1. The number of carbonyl (C=O) groups is 2. The summed E-state index contributed by atoms with van der Waals surface area (Å²) in [5, 5.41) is 2.68. The highest BCUT2D eigenvalue weighted by Crippen LogP contribution is 2.13. The quantitative estimate of drug-likeness (QED) is 0.413. The smallest absolute Gasteiger partial charge is 0.328 e. The molecule has 0 aromatic heterocycles. The fourth-order valence-electron chi connectivity index (χ4n) is 3.03. The van der Waals surface area contributed by atoms with Crippen molar-refractivity contribution in [1.29, 1.82) is 0 Å². The van der Waals surface area contributed by atoms with Crippen LogP contribution >= 0.6 is 0 Å². The molecular formula is C22H35NO3. The molecule has 0 fully saturated rings. The minimum absolute atomic E-state index is 0.211. The van der Waals surface area contributed by atoms with Crippen LogP contribution in [0.4, 0.5) is 0 Å². The number of rotatable bonds is 13. The van der Waals surface area contributed by atoms with Gasteiger partial charge in [-0.05, 0) is 43.7 Å². The molecular weight excluding hydrogens is 326 g/mol. The predicted molar refractivity (Wildman–Crippen MR) is 106 cm³/mol. The number of hydrogen-bond donors (Lipinski definition) is 1. The molecule has 0 saturated carbocycles. The van der Waals surface area contributed by atoms with Crippen LogP contribution in [0.5, 0.6) is 0 Å². The summed E-state index contributed by atoms with van der Waals surface area (Å²) in [6.45, 7) is 5.75. The maximum atomic E-state index is 11.9. The predicted octanol–water partition coefficient (Wildman–Crippen LogP) is 4.59. The van der Waals surface area contributed by atoms with Gasteiger partial charge in [-0.25, -0.2) is 4.79 Å². The highest BCUT2D eigenvalue weighted by Gasteiger charge is 2.20. The van der Waals surface area contributed by atoms with E-state index in [1.54, 1.807) is 6.92 Å². The van der Waals surface area contributed by atoms with Crippen LogP contribution in [0.2, 0.25) is 0 Å². The van der Waals surface area contributed by atoms with E-state index in [-0.39, 0.29) is 11.9 Å². The van der Waals surface area contributed by atoms with Crippen LogP contribution in [0.3, 0.4) is 0 Å². The number of nitrogens with one attached hydrogen (secondary N) is 1. The number of hydrogen-bond acceptors (Lipinski definition) is 3. The molecule has 1 atom stereocenters. The Morgan fingerprint density at radius 2 is 1.50 bits per heavy atom. The second-order valence-electron chi connectivity index (χ2n) is 6.88. The lowest BCUT2D eigenvalue weighted by Crippen LogP contribution is -2.41. The summed E-state index contributed by atoms with van der Waals surface area (Å²) >= 11 is 0. The lowest BCUT2D eigenvalue weighted by molar-refractivity contribution is -0.147. The van der Waals surface area contributed by atoms with Crippen molar-refractivity contribution < 1.29 is 14.3 Å². The molecule has 0 aliphatic carbocycles. The van der Waals surface area contributed by atoms with Crippen molar-refractivity contribution in [3.05, 3.63) is 35.4 Å². The summed E-state index contributed by atoms with van der Waals surface area (Å²) in [5.41, 5.74) is 2.55. The van der Waals surface area contributed by atoms with Gasteiger partial charge in [-0.1, -0.05) is 63.3 Å². The standard InChI is InChI=1S/C22H35NO3/c1-4-6-7-8-9-10-11-19-12-14-20(15-13-19)16-17-21(23-18(3)24)22(25)26-5-2/h12-15,21H,4-11,16-17H2,1-3H3,(H,23,24). The van der Waals surface area contributed by atoms with Crippen LogP contribution < -0.4 is 5.32 Å². The molecule has 0 spiro atoms. The third-order valence-electron chi connectivity index (χ3n) is 4.51. The molecule has 26 heavy (non-hydrogen) atoms. The van der Waals surface area contributed by atoms with Crippen molar-refractivity contribution in [3.8, 4) is 0 Å². The van der Waals surface area contributed by atoms with E-state index in [0.29, 0.717) is 13.0 Å². The summed E-state index contributed by atoms with van der Waals surface area (Å²) in [6.07, 6.45) is 10.3. The fraction of sp³-hybridized carbons (Fsp3) is 0.636. The van der Waals surface area contributed by atoms with E-state index < -0.39 is 6.04 Å². The van der Waals surface area contributed by atoms with Crippen LogP contribution in [0.25, 0.3) is 0 Å². The van der Waals surface area contributed by atoms with Crippen molar-refractivity contribution >= 4 is 11.9 Å². The third-order valence-corrected chi connectivity index (χ3v) is 4.51. The minimum Gasteiger partial charge on any atom is -0.464 e. The Bertz CT molecular complexity index is 525. The molecule has 0 radical (unpaired) electrons. The molecule has 1 amide bonds. The first-order chi connectivity index (χ1) is 12.6. The Labute approximate surface area is 158 Å². The monoisotopic (exact) mass is 361 g/mol. The maximum absolute atomic E-state index is 11.9. The van der Waals surface area contributed by atoms with Crippen molar-refractivity contribution in [3.63, 3.8) is 0 Å². The molecule has 0 heterocycles. The average molecular weight is 362 g/mol. The number of carbonyl (C=O) groups excluding carboxylic acids is 2. The molecule has 0 aliphatic heterocycles. The second kappa shape index (κ2) is 13.4. The van der Waals surface area contributed by atoms with Gasteiger partial charge in [-0.3, -0.25) is 4.79 Å². The molecule has 1 N–H and O–H groups in total. The van der Waals surface area contributed by atoms with Crippen LogP contribution in [0.15, 0.2) is 24.3 Å². The normalized spacial score (nSPS) is 11.8. The van der Waals surface area contributed by atoms with Gasteiger partial charge >= 0.3 is 5.97 Å². The molecule has 1 aromatic carbocycles. The SMILES string of the molecule is CCCCCCCCc1ccc(CCC(NC(C)=O)C(=O)OCC)cc1. The van der Waals surface area contributed by atoms with Gasteiger partial charge in [-0.2, -0.15) is 0 Å². The molecule has 1 rings (SSSR count). The Morgan fingerprint density at radius 1 is 0.923 bits per heavy atom. The van der Waals surface area contributed by atoms with Gasteiger partial charge in [0.15, 0.2) is 0 Å². The van der Waals surface area contributed by atoms with Crippen LogP contribution in [-0.2, 0) is 27.2 Å². The first-order valence-corrected chi connectivity index (χ1v) is 10.1. The average Bonchev–Trinajstić information content (AvgIpc) is 2.62. The number of benzene rings is 1. The second-order valence-corrected chi connectivity index (χ2v) is 6.88. The largest absolute Gasteiger partial charge is 0.464 e. The third kappa shape index (κ3) is 9.59. The number of ether oxygens (including phenoxy) is 1. The molecule has 146 valence electrons. The number of aryl methyl sites for hydroxylation is 2. The number of esters is 1. The van der Waals surface area contributed by atoms with E-state index in [9.17, 15) is 9.59 Å². The Kier molecular flexibility index (Phi) is 11.4. The van der Waals surface area contributed by atoms with Crippen molar-refractivity contribution in [2.75, 3.05) is 6.61 Å². The Morgan fingerprint density at radius 3 is 2.08 bits per heavy atom. The maximum Gasteiger partial charge on any atom is 0.328 e. The molecule has 1 aromatic rings. The van der Waals surface area contributed by atoms with Crippen LogP contribution in [0.1, 0.15) is 76.8 Å². The summed E-state index contributed by atoms with van der Waals surface area (Å²) in [4.78, 5) is 23.2. The van der Waals surface area contributed by atoms with Gasteiger partial charge < -0.3 is 10.1 Å². The summed E-state index contributed by atoms with van der Waals surface area (Å²) in [5.74, 6) is -0.570. The molecule has 1 unspecified atom stereocenters. The lowest BCUT2D eigenvalue weighted by Gasteiger charge is -2.16. The Balaban J connectivity index is 2.39. The molecule has 4 nitrogen and oxygen atoms in total. The Hall–Kier alpha value is -1.84. The highest BCUT2D eigenvalue weighted by atomic mass is 16.5. The van der Waals surface area contributed by atoms with Crippen molar-refractivity contribution in [2.24, 2.45) is 0 Å². The zero-order valence-corrected chi connectivity index (χ0v) is 16.7. The minimum atomic E-state index is -0.574. The van der Waals surface area contributed by atoms with Gasteiger partial charge in [0.1, 0.15) is 6.04 Å². The van der Waals surface area contributed by atoms with Crippen LogP contribution in [0, 0.1) is 0 Å². The van der Waals surface area contributed by atoms with Crippen molar-refractivity contribution in [2.45, 2.75) is 84.6 Å². The van der Waals surface area contributed by atoms with Gasteiger partial charge in [0, 0.05) is 6.92 Å². The molecule has 0 aliphatic rings. The van der Waals surface area contributed by atoms with E-state index >= 15 is 0 Å². The van der Waals surface area contributed by atoms with Gasteiger partial charge in [0.2, 0.25) is 5.91 Å². The fourth-order valence-corrected chi connectivity index (χ4v) is 3.03. The van der Waals surface area contributed by atoms with Gasteiger partial charge in [0.25, 0.3) is 0 Å². The topological polar surface area (TPSA) is 55.4 Å². The van der Waals surface area contributed by atoms with E-state index in [1.165, 1.54) is 56.6 Å². The first kappa shape index (κ1) is 22.2. The zero-order valence-electron chi connectivity index (χ0n) is 16.7. The number of unbranched alkanes of at least 4 members (excludes halogenated alkanes) is 5. The summed E-state index contributed by atoms with van der Waals surface area (Å²) in [7, 11) is 0. The van der Waals surface area contributed by atoms with E-state index in [0.717, 1.165) is 12.8 Å². The van der Waals surface area contributed by atoms with E-state index in [2.05, 4.69) is 36.5 Å². The molecule has 0 bridgehead atoms. The zero-order chi connectivity index (χ0) is 19.2. The van der Waals surface area contributed by atoms with Gasteiger partial charge in [-0.15, -0.1) is 0 Å². The summed E-state index contributed by atoms with van der Waals surface area (Å²) < 4.78 is 5.04. The van der Waals surface area contributed by atoms with Crippen LogP contribution in [-0.4, -0.2) is 24.5 Å². The van der Waals surface area contributed by atoms with Crippen molar-refractivity contribution in [1.82, 2.24) is 5.32 Å². The lowest BCUT2D eigenvalue weighted by atomic mass is 10.0. The van der Waals surface area contributed by atoms with E-state index in [1.807, 2.05) is 0 Å². The first-order valence-electron chi connectivity index (χ1n) is 10.1.